The van der Waals surface area contributed by atoms with Gasteiger partial charge in [0, 0.05) is 31.7 Å². The molecule has 2 heterocycles. The van der Waals surface area contributed by atoms with Crippen molar-refractivity contribution in [1.29, 1.82) is 0 Å². The van der Waals surface area contributed by atoms with Crippen LogP contribution in [-0.2, 0) is 10.2 Å². The lowest BCUT2D eigenvalue weighted by Gasteiger charge is -2.47. The zero-order chi connectivity index (χ0) is 14.8. The summed E-state index contributed by atoms with van der Waals surface area (Å²) in [5.74, 6) is 0. The summed E-state index contributed by atoms with van der Waals surface area (Å²) in [4.78, 5) is 2.44. The first-order valence-electron chi connectivity index (χ1n) is 7.59. The number of hydrogen-bond acceptors (Lipinski definition) is 4. The van der Waals surface area contributed by atoms with Gasteiger partial charge in [0.2, 0.25) is 0 Å². The third kappa shape index (κ3) is 3.71. The zero-order valence-corrected chi connectivity index (χ0v) is 13.4. The number of piperidine rings is 2. The second-order valence-corrected chi connectivity index (χ2v) is 7.97. The molecule has 7 heteroatoms. The van der Waals surface area contributed by atoms with Gasteiger partial charge in [0.25, 0.3) is 10.2 Å². The van der Waals surface area contributed by atoms with Gasteiger partial charge in [0.05, 0.1) is 0 Å². The van der Waals surface area contributed by atoms with E-state index in [1.807, 2.05) is 0 Å². The molecule has 2 bridgehead atoms. The van der Waals surface area contributed by atoms with Crippen molar-refractivity contribution in [2.45, 2.75) is 56.7 Å². The predicted octanol–water partition coefficient (Wildman–Crippen LogP) is 0.117. The van der Waals surface area contributed by atoms with Gasteiger partial charge >= 0.3 is 0 Å². The van der Waals surface area contributed by atoms with Crippen LogP contribution in [0.2, 0.25) is 0 Å². The number of nitrogens with zero attached hydrogens (tertiary/aromatic N) is 2. The van der Waals surface area contributed by atoms with Crippen LogP contribution in [0.15, 0.2) is 0 Å². The van der Waals surface area contributed by atoms with Crippen molar-refractivity contribution in [1.82, 2.24) is 13.9 Å². The maximum atomic E-state index is 12.3. The minimum absolute atomic E-state index is 0.0758. The molecule has 2 aliphatic rings. The Bertz CT molecular complexity index is 401. The Labute approximate surface area is 122 Å². The number of nitrogens with two attached hydrogens (primary N) is 1. The fourth-order valence-corrected chi connectivity index (χ4v) is 4.61. The summed E-state index contributed by atoms with van der Waals surface area (Å²) in [7, 11) is 0.421. The third-order valence-electron chi connectivity index (χ3n) is 4.74. The van der Waals surface area contributed by atoms with E-state index in [-0.39, 0.29) is 6.04 Å². The summed E-state index contributed by atoms with van der Waals surface area (Å²) in [6, 6.07) is 1.14. The summed E-state index contributed by atoms with van der Waals surface area (Å²) in [6.07, 6.45) is 6.20. The molecule has 118 valence electrons. The molecule has 0 saturated carbocycles. The van der Waals surface area contributed by atoms with E-state index in [1.165, 1.54) is 23.6 Å². The maximum Gasteiger partial charge on any atom is 0.279 e. The van der Waals surface area contributed by atoms with E-state index in [1.54, 1.807) is 7.05 Å². The van der Waals surface area contributed by atoms with Gasteiger partial charge in [-0.05, 0) is 45.7 Å². The highest BCUT2D eigenvalue weighted by Gasteiger charge is 2.37. The molecular weight excluding hydrogens is 276 g/mol. The highest BCUT2D eigenvalue weighted by atomic mass is 32.2. The summed E-state index contributed by atoms with van der Waals surface area (Å²) in [6.45, 7) is 0.990. The third-order valence-corrected chi connectivity index (χ3v) is 6.38. The van der Waals surface area contributed by atoms with Crippen molar-refractivity contribution in [3.8, 4) is 0 Å². The van der Waals surface area contributed by atoms with Crippen molar-refractivity contribution >= 4 is 10.2 Å². The van der Waals surface area contributed by atoms with Crippen LogP contribution < -0.4 is 10.5 Å². The lowest BCUT2D eigenvalue weighted by Crippen LogP contribution is -2.56. The molecule has 0 spiro atoms. The molecule has 2 aliphatic heterocycles. The molecule has 2 rings (SSSR count). The Kier molecular flexibility index (Phi) is 5.42. The summed E-state index contributed by atoms with van der Waals surface area (Å²) in [5, 5.41) is 0. The average molecular weight is 304 g/mol. The number of nitrogens with one attached hydrogen (secondary N) is 1. The van der Waals surface area contributed by atoms with E-state index in [9.17, 15) is 8.42 Å². The Morgan fingerprint density at radius 3 is 2.45 bits per heavy atom. The van der Waals surface area contributed by atoms with Gasteiger partial charge in [0.1, 0.15) is 0 Å². The van der Waals surface area contributed by atoms with Crippen LogP contribution in [0.5, 0.6) is 0 Å². The Morgan fingerprint density at radius 1 is 1.30 bits per heavy atom. The molecule has 2 unspecified atom stereocenters. The first-order valence-corrected chi connectivity index (χ1v) is 9.03. The monoisotopic (exact) mass is 304 g/mol. The molecule has 2 atom stereocenters. The largest absolute Gasteiger partial charge is 0.330 e. The number of fused-ring (bicyclic) bond motifs is 2. The molecule has 0 aromatic rings. The van der Waals surface area contributed by atoms with Crippen LogP contribution in [0.3, 0.4) is 0 Å². The molecule has 2 fully saturated rings. The Morgan fingerprint density at radius 2 is 1.90 bits per heavy atom. The van der Waals surface area contributed by atoms with Crippen molar-refractivity contribution in [3.63, 3.8) is 0 Å². The second kappa shape index (κ2) is 6.70. The van der Waals surface area contributed by atoms with Crippen LogP contribution in [0.25, 0.3) is 0 Å². The Balaban J connectivity index is 1.93. The minimum Gasteiger partial charge on any atom is -0.330 e. The first kappa shape index (κ1) is 16.2. The first-order chi connectivity index (χ1) is 9.44. The zero-order valence-electron chi connectivity index (χ0n) is 12.6. The molecule has 6 nitrogen and oxygen atoms in total. The fourth-order valence-electron chi connectivity index (χ4n) is 3.45. The number of hydrogen-bond donors (Lipinski definition) is 2. The molecule has 0 amide bonds. The second-order valence-electron chi connectivity index (χ2n) is 6.16. The molecular formula is C13H28N4O2S. The average Bonchev–Trinajstić information content (AvgIpc) is 2.36. The smallest absolute Gasteiger partial charge is 0.279 e. The van der Waals surface area contributed by atoms with E-state index in [0.29, 0.717) is 31.6 Å². The van der Waals surface area contributed by atoms with Crippen LogP contribution in [-0.4, -0.2) is 62.9 Å². The van der Waals surface area contributed by atoms with E-state index < -0.39 is 10.2 Å². The molecule has 0 aliphatic carbocycles. The molecule has 3 N–H and O–H groups in total. The quantitative estimate of drug-likeness (QED) is 0.730. The standard InChI is InChI=1S/C13H28N4O2S/c1-16(8-4-7-14)20(18,19)15-11-9-12-5-3-6-13(10-11)17(12)2/h11-13,15H,3-10,14H2,1-2H3. The maximum absolute atomic E-state index is 12.3. The van der Waals surface area contributed by atoms with Crippen molar-refractivity contribution in [3.05, 3.63) is 0 Å². The van der Waals surface area contributed by atoms with E-state index in [2.05, 4.69) is 16.7 Å². The van der Waals surface area contributed by atoms with E-state index in [0.717, 1.165) is 12.8 Å². The van der Waals surface area contributed by atoms with Gasteiger partial charge in [-0.25, -0.2) is 0 Å². The Hall–Kier alpha value is -0.210. The lowest BCUT2D eigenvalue weighted by atomic mass is 9.83. The summed E-state index contributed by atoms with van der Waals surface area (Å²) >= 11 is 0. The van der Waals surface area contributed by atoms with Gasteiger partial charge < -0.3 is 10.6 Å². The topological polar surface area (TPSA) is 78.7 Å². The molecule has 0 aromatic heterocycles. The SMILES string of the molecule is CN1C2CCCC1CC(NS(=O)(=O)N(C)CCCN)C2. The van der Waals surface area contributed by atoms with Gasteiger partial charge in [-0.3, -0.25) is 0 Å². The van der Waals surface area contributed by atoms with Crippen LogP contribution >= 0.6 is 0 Å². The minimum atomic E-state index is -3.37. The van der Waals surface area contributed by atoms with Gasteiger partial charge in [-0.1, -0.05) is 6.42 Å². The number of rotatable bonds is 6. The van der Waals surface area contributed by atoms with Gasteiger partial charge in [-0.2, -0.15) is 17.4 Å². The molecule has 0 radical (unpaired) electrons. The van der Waals surface area contributed by atoms with Crippen LogP contribution in [0, 0.1) is 0 Å². The van der Waals surface area contributed by atoms with Crippen molar-refractivity contribution < 1.29 is 8.42 Å². The summed E-state index contributed by atoms with van der Waals surface area (Å²) in [5.41, 5.74) is 5.43. The van der Waals surface area contributed by atoms with Crippen LogP contribution in [0.4, 0.5) is 0 Å². The molecule has 0 aromatic carbocycles. The molecule has 20 heavy (non-hydrogen) atoms. The molecule has 2 saturated heterocycles. The van der Waals surface area contributed by atoms with E-state index >= 15 is 0 Å². The lowest BCUT2D eigenvalue weighted by molar-refractivity contribution is 0.0533. The summed E-state index contributed by atoms with van der Waals surface area (Å²) < 4.78 is 28.8. The highest BCUT2D eigenvalue weighted by Crippen LogP contribution is 2.32. The van der Waals surface area contributed by atoms with Gasteiger partial charge in [0.15, 0.2) is 0 Å². The van der Waals surface area contributed by atoms with Crippen LogP contribution in [0.1, 0.15) is 38.5 Å². The van der Waals surface area contributed by atoms with E-state index in [4.69, 9.17) is 5.73 Å². The van der Waals surface area contributed by atoms with Crippen molar-refractivity contribution in [2.24, 2.45) is 5.73 Å². The highest BCUT2D eigenvalue weighted by molar-refractivity contribution is 7.87. The normalized spacial score (nSPS) is 31.7. The fraction of sp³-hybridized carbons (Fsp3) is 1.00. The predicted molar refractivity (Wildman–Crippen MR) is 80.6 cm³/mol. The van der Waals surface area contributed by atoms with Gasteiger partial charge in [-0.15, -0.1) is 0 Å². The van der Waals surface area contributed by atoms with Crippen molar-refractivity contribution in [2.75, 3.05) is 27.2 Å².